The lowest BCUT2D eigenvalue weighted by atomic mass is 10.0. The number of carbonyl (C=O) groups is 1. The smallest absolute Gasteiger partial charge is 0.387 e. The molecule has 0 aliphatic carbocycles. The molecule has 0 aliphatic rings. The molecule has 0 saturated carbocycles. The largest absolute Gasteiger partial charge is 0.472 e. The molecule has 0 rings (SSSR count). The SMILES string of the molecule is CCCCCC/C=C/CC/C=C/CC/C=C/C(O)C(COP(=O)(O)OCC[N+](C)(C)C)NC(=O)CCCCCCCCCCCCCCCCCCC/C=C\C/C=C\CCCCCCCCCCC. The Kier molecular flexibility index (Phi) is 49.8. The minimum atomic E-state index is -4.36. The number of amides is 1. The molecule has 3 N–H and O–H groups in total. The Morgan fingerprint density at radius 3 is 1.26 bits per heavy atom. The molecule has 0 aliphatic heterocycles. The Hall–Kier alpha value is -1.80. The number of quaternary nitrogens is 1. The molecular weight excluding hydrogens is 876 g/mol. The van der Waals surface area contributed by atoms with E-state index < -0.39 is 20.0 Å². The van der Waals surface area contributed by atoms with Crippen LogP contribution in [0.3, 0.4) is 0 Å². The number of phosphoric ester groups is 1. The van der Waals surface area contributed by atoms with Crippen molar-refractivity contribution in [2.75, 3.05) is 40.9 Å². The van der Waals surface area contributed by atoms with Gasteiger partial charge in [0.2, 0.25) is 5.91 Å². The van der Waals surface area contributed by atoms with E-state index in [1.807, 2.05) is 27.2 Å². The topological polar surface area (TPSA) is 105 Å². The summed E-state index contributed by atoms with van der Waals surface area (Å²) in [6.07, 6.45) is 69.1. The summed E-state index contributed by atoms with van der Waals surface area (Å²) in [5.41, 5.74) is 0. The number of nitrogens with one attached hydrogen (secondary N) is 1. The van der Waals surface area contributed by atoms with Crippen LogP contribution >= 0.6 is 7.82 Å². The molecule has 0 aromatic carbocycles. The summed E-state index contributed by atoms with van der Waals surface area (Å²) < 4.78 is 23.6. The molecule has 3 atom stereocenters. The molecule has 0 radical (unpaired) electrons. The molecule has 0 fully saturated rings. The van der Waals surface area contributed by atoms with Crippen LogP contribution in [0.2, 0.25) is 0 Å². The van der Waals surface area contributed by atoms with Crippen molar-refractivity contribution in [1.29, 1.82) is 0 Å². The number of nitrogens with zero attached hydrogens (tertiary/aromatic N) is 1. The van der Waals surface area contributed by atoms with Gasteiger partial charge in [-0.15, -0.1) is 0 Å². The molecule has 404 valence electrons. The van der Waals surface area contributed by atoms with E-state index in [0.29, 0.717) is 17.4 Å². The number of phosphoric acid groups is 1. The molecule has 0 spiro atoms. The highest BCUT2D eigenvalue weighted by Gasteiger charge is 2.27. The lowest BCUT2D eigenvalue weighted by molar-refractivity contribution is -0.870. The van der Waals surface area contributed by atoms with Gasteiger partial charge in [0.15, 0.2) is 0 Å². The highest BCUT2D eigenvalue weighted by molar-refractivity contribution is 7.47. The van der Waals surface area contributed by atoms with Crippen molar-refractivity contribution >= 4 is 13.7 Å². The summed E-state index contributed by atoms with van der Waals surface area (Å²) in [7, 11) is 1.55. The maximum atomic E-state index is 13.0. The van der Waals surface area contributed by atoms with Crippen LogP contribution < -0.4 is 5.32 Å². The third kappa shape index (κ3) is 53.8. The van der Waals surface area contributed by atoms with E-state index in [1.54, 1.807) is 6.08 Å². The molecule has 0 bridgehead atoms. The van der Waals surface area contributed by atoms with Crippen LogP contribution in [0, 0.1) is 0 Å². The molecule has 0 heterocycles. The Labute approximate surface area is 428 Å². The maximum absolute atomic E-state index is 13.0. The fourth-order valence-electron chi connectivity index (χ4n) is 8.34. The molecule has 1 amide bonds. The van der Waals surface area contributed by atoms with Gasteiger partial charge in [0.1, 0.15) is 13.2 Å². The number of aliphatic hydroxyl groups is 1. The van der Waals surface area contributed by atoms with Gasteiger partial charge in [0.05, 0.1) is 39.9 Å². The van der Waals surface area contributed by atoms with Gasteiger partial charge in [-0.2, -0.15) is 0 Å². The van der Waals surface area contributed by atoms with Crippen LogP contribution in [0.25, 0.3) is 0 Å². The second-order valence-corrected chi connectivity index (χ2v) is 22.4. The van der Waals surface area contributed by atoms with Gasteiger partial charge in [-0.25, -0.2) is 4.57 Å². The summed E-state index contributed by atoms with van der Waals surface area (Å²) >= 11 is 0. The lowest BCUT2D eigenvalue weighted by Crippen LogP contribution is -2.45. The average molecular weight is 991 g/mol. The van der Waals surface area contributed by atoms with Crippen LogP contribution in [-0.2, 0) is 18.4 Å². The molecule has 69 heavy (non-hydrogen) atoms. The molecular formula is C60H114N2O6P+. The number of hydrogen-bond donors (Lipinski definition) is 3. The van der Waals surface area contributed by atoms with E-state index in [4.69, 9.17) is 9.05 Å². The Morgan fingerprint density at radius 2 is 0.841 bits per heavy atom. The Balaban J connectivity index is 4.06. The first-order valence-corrected chi connectivity index (χ1v) is 30.7. The van der Waals surface area contributed by atoms with Gasteiger partial charge >= 0.3 is 7.82 Å². The zero-order valence-electron chi connectivity index (χ0n) is 46.0. The van der Waals surface area contributed by atoms with Gasteiger partial charge in [-0.05, 0) is 77.0 Å². The van der Waals surface area contributed by atoms with Crippen LogP contribution in [0.4, 0.5) is 0 Å². The molecule has 0 aromatic heterocycles. The van der Waals surface area contributed by atoms with Gasteiger partial charge in [0, 0.05) is 6.42 Å². The summed E-state index contributed by atoms with van der Waals surface area (Å²) in [6, 6.07) is -0.870. The van der Waals surface area contributed by atoms with E-state index in [1.165, 1.54) is 193 Å². The Morgan fingerprint density at radius 1 is 0.493 bits per heavy atom. The number of likely N-dealkylation sites (N-methyl/N-ethyl adjacent to an activating group) is 1. The van der Waals surface area contributed by atoms with Gasteiger partial charge in [-0.3, -0.25) is 13.8 Å². The van der Waals surface area contributed by atoms with Crippen molar-refractivity contribution < 1.29 is 32.9 Å². The summed E-state index contributed by atoms with van der Waals surface area (Å²) in [5.74, 6) is -0.190. The number of unbranched alkanes of at least 4 members (excludes halogenated alkanes) is 32. The molecule has 3 unspecified atom stereocenters. The van der Waals surface area contributed by atoms with Gasteiger partial charge < -0.3 is 19.8 Å². The number of allylic oxidation sites excluding steroid dienone is 9. The summed E-state index contributed by atoms with van der Waals surface area (Å²) in [6.45, 7) is 4.77. The van der Waals surface area contributed by atoms with Gasteiger partial charge in [0.25, 0.3) is 0 Å². The zero-order chi connectivity index (χ0) is 50.6. The van der Waals surface area contributed by atoms with E-state index in [0.717, 1.165) is 51.4 Å². The Bertz CT molecular complexity index is 1310. The molecule has 0 aromatic rings. The standard InChI is InChI=1S/C60H113N2O6P/c1-6-8-10-12-14-16-18-20-22-23-24-25-26-27-28-29-30-31-32-33-34-35-36-37-38-39-40-42-44-46-48-50-52-54-60(64)61-58(57-68-69(65,66)67-56-55-62(3,4)5)59(63)53-51-49-47-45-43-41-21-19-17-15-13-11-9-7-2/h17,19,24-25,27-28,43,45,51,53,58-59,63H,6-16,18,20-23,26,29-42,44,46-50,52,54-57H2,1-5H3,(H-,61,64,65,66)/p+1/b19-17+,25-24-,28-27-,45-43+,53-51+. The first-order valence-electron chi connectivity index (χ1n) is 29.2. The predicted octanol–water partition coefficient (Wildman–Crippen LogP) is 17.7. The fourth-order valence-corrected chi connectivity index (χ4v) is 9.08. The summed E-state index contributed by atoms with van der Waals surface area (Å²) in [4.78, 5) is 23.2. The van der Waals surface area contributed by atoms with Crippen molar-refractivity contribution in [2.24, 2.45) is 0 Å². The first kappa shape index (κ1) is 67.2. The van der Waals surface area contributed by atoms with E-state index in [2.05, 4.69) is 67.8 Å². The van der Waals surface area contributed by atoms with E-state index in [-0.39, 0.29) is 19.1 Å². The monoisotopic (exact) mass is 990 g/mol. The minimum Gasteiger partial charge on any atom is -0.387 e. The quantitative estimate of drug-likeness (QED) is 0.0243. The minimum absolute atomic E-state index is 0.0527. The molecule has 9 heteroatoms. The van der Waals surface area contributed by atoms with Crippen LogP contribution in [0.1, 0.15) is 264 Å². The zero-order valence-corrected chi connectivity index (χ0v) is 46.9. The fraction of sp³-hybridized carbons (Fsp3) is 0.817. The van der Waals surface area contributed by atoms with Crippen molar-refractivity contribution in [3.8, 4) is 0 Å². The van der Waals surface area contributed by atoms with E-state index in [9.17, 15) is 19.4 Å². The first-order chi connectivity index (χ1) is 33.5. The van der Waals surface area contributed by atoms with Crippen molar-refractivity contribution in [2.45, 2.75) is 276 Å². The van der Waals surface area contributed by atoms with Crippen molar-refractivity contribution in [3.63, 3.8) is 0 Å². The highest BCUT2D eigenvalue weighted by atomic mass is 31.2. The average Bonchev–Trinajstić information content (AvgIpc) is 3.31. The number of rotatable bonds is 53. The molecule has 8 nitrogen and oxygen atoms in total. The summed E-state index contributed by atoms with van der Waals surface area (Å²) in [5, 5.41) is 13.9. The van der Waals surface area contributed by atoms with Crippen molar-refractivity contribution in [1.82, 2.24) is 5.32 Å². The molecule has 0 saturated heterocycles. The number of aliphatic hydroxyl groups excluding tert-OH is 1. The van der Waals surface area contributed by atoms with Crippen molar-refractivity contribution in [3.05, 3.63) is 60.8 Å². The van der Waals surface area contributed by atoms with E-state index >= 15 is 0 Å². The lowest BCUT2D eigenvalue weighted by Gasteiger charge is -2.25. The predicted molar refractivity (Wildman–Crippen MR) is 300 cm³/mol. The third-order valence-electron chi connectivity index (χ3n) is 12.9. The van der Waals surface area contributed by atoms with Crippen LogP contribution in [-0.4, -0.2) is 73.4 Å². The number of hydrogen-bond acceptors (Lipinski definition) is 5. The van der Waals surface area contributed by atoms with Crippen LogP contribution in [0.5, 0.6) is 0 Å². The van der Waals surface area contributed by atoms with Gasteiger partial charge in [-0.1, -0.05) is 242 Å². The highest BCUT2D eigenvalue weighted by Crippen LogP contribution is 2.43. The third-order valence-corrected chi connectivity index (χ3v) is 13.9. The second kappa shape index (κ2) is 51.1. The second-order valence-electron chi connectivity index (χ2n) is 21.0. The number of carbonyl (C=O) groups excluding carboxylic acids is 1. The van der Waals surface area contributed by atoms with Crippen LogP contribution in [0.15, 0.2) is 60.8 Å². The normalized spacial score (nSPS) is 14.4. The maximum Gasteiger partial charge on any atom is 0.472 e.